The van der Waals surface area contributed by atoms with Crippen molar-refractivity contribution in [2.45, 2.75) is 57.9 Å². The number of amides is 2. The Hall–Kier alpha value is -1.06. The Balaban J connectivity index is 0.00000338. The third kappa shape index (κ3) is 7.67. The van der Waals surface area contributed by atoms with E-state index in [2.05, 4.69) is 20.9 Å². The monoisotopic (exact) mass is 479 g/mol. The normalized spacial score (nSPS) is 20.6. The number of likely N-dealkylation sites (tertiary alicyclic amines) is 1. The van der Waals surface area contributed by atoms with Crippen LogP contribution in [0.1, 0.15) is 51.9 Å². The van der Waals surface area contributed by atoms with Crippen molar-refractivity contribution in [2.24, 2.45) is 10.9 Å². The highest BCUT2D eigenvalue weighted by molar-refractivity contribution is 14.0. The van der Waals surface area contributed by atoms with Gasteiger partial charge < -0.3 is 20.9 Å². The van der Waals surface area contributed by atoms with Crippen molar-refractivity contribution >= 4 is 41.8 Å². The summed E-state index contributed by atoms with van der Waals surface area (Å²) in [5, 5.41) is 9.55. The maximum atomic E-state index is 11.9. The van der Waals surface area contributed by atoms with Gasteiger partial charge in [-0.1, -0.05) is 19.8 Å². The molecule has 150 valence electrons. The summed E-state index contributed by atoms with van der Waals surface area (Å²) in [5.74, 6) is 1.66. The van der Waals surface area contributed by atoms with Crippen molar-refractivity contribution < 1.29 is 9.59 Å². The molecule has 8 heteroatoms. The predicted molar refractivity (Wildman–Crippen MR) is 115 cm³/mol. The smallest absolute Gasteiger partial charge is 0.222 e. The number of aliphatic imine (C=N–C) groups is 1. The number of hydrogen-bond acceptors (Lipinski definition) is 3. The number of carbonyl (C=O) groups is 2. The van der Waals surface area contributed by atoms with Gasteiger partial charge in [-0.05, 0) is 25.2 Å². The van der Waals surface area contributed by atoms with E-state index in [1.165, 1.54) is 25.7 Å². The van der Waals surface area contributed by atoms with E-state index in [-0.39, 0.29) is 41.8 Å². The second kappa shape index (κ2) is 12.3. The van der Waals surface area contributed by atoms with Gasteiger partial charge in [0.1, 0.15) is 0 Å². The van der Waals surface area contributed by atoms with Crippen LogP contribution in [0.4, 0.5) is 0 Å². The first kappa shape index (κ1) is 23.0. The molecule has 1 saturated carbocycles. The van der Waals surface area contributed by atoms with Crippen LogP contribution >= 0.6 is 24.0 Å². The molecule has 2 aliphatic rings. The van der Waals surface area contributed by atoms with E-state index >= 15 is 0 Å². The van der Waals surface area contributed by atoms with Gasteiger partial charge in [0.05, 0.1) is 0 Å². The van der Waals surface area contributed by atoms with E-state index in [9.17, 15) is 9.59 Å². The number of nitrogens with one attached hydrogen (secondary N) is 3. The van der Waals surface area contributed by atoms with Crippen LogP contribution in [0.5, 0.6) is 0 Å². The predicted octanol–water partition coefficient (Wildman–Crippen LogP) is 1.48. The lowest BCUT2D eigenvalue weighted by Gasteiger charge is -2.19. The minimum atomic E-state index is 0. The van der Waals surface area contributed by atoms with E-state index in [4.69, 9.17) is 0 Å². The van der Waals surface area contributed by atoms with Crippen LogP contribution in [-0.4, -0.2) is 61.9 Å². The maximum Gasteiger partial charge on any atom is 0.222 e. The number of carbonyl (C=O) groups excluding carboxylic acids is 2. The van der Waals surface area contributed by atoms with Crippen molar-refractivity contribution in [3.05, 3.63) is 0 Å². The molecule has 0 aromatic heterocycles. The summed E-state index contributed by atoms with van der Waals surface area (Å²) in [6.07, 6.45) is 7.08. The minimum Gasteiger partial charge on any atom is -0.355 e. The summed E-state index contributed by atoms with van der Waals surface area (Å²) in [5.41, 5.74) is 0. The molecule has 7 nitrogen and oxygen atoms in total. The van der Waals surface area contributed by atoms with Crippen molar-refractivity contribution in [3.63, 3.8) is 0 Å². The van der Waals surface area contributed by atoms with Gasteiger partial charge in [0.15, 0.2) is 5.96 Å². The van der Waals surface area contributed by atoms with E-state index in [1.54, 1.807) is 7.05 Å². The number of nitrogens with zero attached hydrogens (tertiary/aromatic N) is 2. The zero-order valence-electron chi connectivity index (χ0n) is 16.1. The van der Waals surface area contributed by atoms with Crippen LogP contribution in [0.3, 0.4) is 0 Å². The molecule has 1 aliphatic carbocycles. The Kier molecular flexibility index (Phi) is 10.9. The Bertz CT molecular complexity index is 480. The quantitative estimate of drug-likeness (QED) is 0.224. The molecule has 0 radical (unpaired) electrons. The van der Waals surface area contributed by atoms with Gasteiger partial charge in [-0.25, -0.2) is 0 Å². The first-order chi connectivity index (χ1) is 12.1. The SMILES string of the molecule is CCC(=O)N1CCC(NC(=NC)NCCNC(=O)CC2CCCC2)C1.I. The maximum absolute atomic E-state index is 11.9. The molecule has 2 rings (SSSR count). The number of rotatable bonds is 7. The highest BCUT2D eigenvalue weighted by atomic mass is 127. The van der Waals surface area contributed by atoms with E-state index in [0.717, 1.165) is 25.5 Å². The van der Waals surface area contributed by atoms with Crippen LogP contribution in [0.25, 0.3) is 0 Å². The van der Waals surface area contributed by atoms with Gasteiger partial charge in [-0.2, -0.15) is 0 Å². The van der Waals surface area contributed by atoms with Crippen LogP contribution < -0.4 is 16.0 Å². The molecular formula is C18H34IN5O2. The molecule has 0 aromatic rings. The van der Waals surface area contributed by atoms with Gasteiger partial charge in [0.2, 0.25) is 11.8 Å². The molecule has 1 saturated heterocycles. The second-order valence-corrected chi connectivity index (χ2v) is 7.03. The van der Waals surface area contributed by atoms with Gasteiger partial charge in [-0.15, -0.1) is 24.0 Å². The molecule has 3 N–H and O–H groups in total. The number of halogens is 1. The van der Waals surface area contributed by atoms with Crippen molar-refractivity contribution in [1.29, 1.82) is 0 Å². The standard InChI is InChI=1S/C18H33N5O2.HI/c1-3-17(25)23-11-8-15(13-23)22-18(19-2)21-10-9-20-16(24)12-14-6-4-5-7-14;/h14-15H,3-13H2,1-2H3,(H,20,24)(H2,19,21,22);1H. The summed E-state index contributed by atoms with van der Waals surface area (Å²) in [6, 6.07) is 0.235. The van der Waals surface area contributed by atoms with Crippen LogP contribution in [0, 0.1) is 5.92 Å². The third-order valence-corrected chi connectivity index (χ3v) is 5.10. The fourth-order valence-corrected chi connectivity index (χ4v) is 3.65. The van der Waals surface area contributed by atoms with E-state index in [1.807, 2.05) is 11.8 Å². The average molecular weight is 479 g/mol. The Labute approximate surface area is 174 Å². The summed E-state index contributed by atoms with van der Waals surface area (Å²) in [6.45, 7) is 4.66. The van der Waals surface area contributed by atoms with Crippen LogP contribution in [0.2, 0.25) is 0 Å². The fraction of sp³-hybridized carbons (Fsp3) is 0.833. The summed E-state index contributed by atoms with van der Waals surface area (Å²) < 4.78 is 0. The highest BCUT2D eigenvalue weighted by Gasteiger charge is 2.25. The largest absolute Gasteiger partial charge is 0.355 e. The van der Waals surface area contributed by atoms with Crippen molar-refractivity contribution in [1.82, 2.24) is 20.9 Å². The van der Waals surface area contributed by atoms with Crippen molar-refractivity contribution in [3.8, 4) is 0 Å². The molecule has 1 heterocycles. The van der Waals surface area contributed by atoms with Gasteiger partial charge in [-0.3, -0.25) is 14.6 Å². The van der Waals surface area contributed by atoms with E-state index in [0.29, 0.717) is 31.8 Å². The molecule has 1 aliphatic heterocycles. The molecule has 1 unspecified atom stereocenters. The van der Waals surface area contributed by atoms with Gasteiger partial charge >= 0.3 is 0 Å². The molecule has 0 bridgehead atoms. The lowest BCUT2D eigenvalue weighted by molar-refractivity contribution is -0.129. The zero-order valence-corrected chi connectivity index (χ0v) is 18.4. The lowest BCUT2D eigenvalue weighted by atomic mass is 10.0. The summed E-state index contributed by atoms with van der Waals surface area (Å²) >= 11 is 0. The molecule has 2 amide bonds. The molecule has 2 fully saturated rings. The third-order valence-electron chi connectivity index (χ3n) is 5.10. The Morgan fingerprint density at radius 2 is 1.81 bits per heavy atom. The molecule has 26 heavy (non-hydrogen) atoms. The van der Waals surface area contributed by atoms with Gasteiger partial charge in [0.25, 0.3) is 0 Å². The molecule has 1 atom stereocenters. The van der Waals surface area contributed by atoms with Crippen LogP contribution in [0.15, 0.2) is 4.99 Å². The second-order valence-electron chi connectivity index (χ2n) is 7.03. The molecule has 0 aromatic carbocycles. The van der Waals surface area contributed by atoms with Crippen molar-refractivity contribution in [2.75, 3.05) is 33.2 Å². The number of guanidine groups is 1. The van der Waals surface area contributed by atoms with Crippen LogP contribution in [-0.2, 0) is 9.59 Å². The Morgan fingerprint density at radius 1 is 1.12 bits per heavy atom. The molecular weight excluding hydrogens is 445 g/mol. The topological polar surface area (TPSA) is 85.8 Å². The first-order valence-corrected chi connectivity index (χ1v) is 9.64. The molecule has 0 spiro atoms. The van der Waals surface area contributed by atoms with Gasteiger partial charge in [0, 0.05) is 52.1 Å². The highest BCUT2D eigenvalue weighted by Crippen LogP contribution is 2.27. The zero-order chi connectivity index (χ0) is 18.1. The lowest BCUT2D eigenvalue weighted by Crippen LogP contribution is -2.46. The summed E-state index contributed by atoms with van der Waals surface area (Å²) in [7, 11) is 1.73. The van der Waals surface area contributed by atoms with E-state index < -0.39 is 0 Å². The fourth-order valence-electron chi connectivity index (χ4n) is 3.65. The summed E-state index contributed by atoms with van der Waals surface area (Å²) in [4.78, 5) is 29.7. The Morgan fingerprint density at radius 3 is 2.46 bits per heavy atom. The minimum absolute atomic E-state index is 0. The average Bonchev–Trinajstić information content (AvgIpc) is 3.28. The first-order valence-electron chi connectivity index (χ1n) is 9.64. The number of hydrogen-bond donors (Lipinski definition) is 3.